The van der Waals surface area contributed by atoms with Gasteiger partial charge in [0.25, 0.3) is 5.91 Å². The highest BCUT2D eigenvalue weighted by atomic mass is 32.1. The molecule has 0 bridgehead atoms. The van der Waals surface area contributed by atoms with E-state index in [0.29, 0.717) is 12.1 Å². The molecule has 1 aromatic carbocycles. The number of methoxy groups -OCH3 is 1. The molecule has 0 aliphatic carbocycles. The van der Waals surface area contributed by atoms with Crippen LogP contribution in [0.2, 0.25) is 0 Å². The van der Waals surface area contributed by atoms with Gasteiger partial charge >= 0.3 is 0 Å². The van der Waals surface area contributed by atoms with Crippen LogP contribution in [0.4, 0.5) is 0 Å². The van der Waals surface area contributed by atoms with Gasteiger partial charge in [0.15, 0.2) is 0 Å². The van der Waals surface area contributed by atoms with Crippen molar-refractivity contribution in [2.75, 3.05) is 7.11 Å². The van der Waals surface area contributed by atoms with Gasteiger partial charge in [0.05, 0.1) is 12.8 Å². The summed E-state index contributed by atoms with van der Waals surface area (Å²) in [4.78, 5) is 16.6. The van der Waals surface area contributed by atoms with Crippen LogP contribution in [0.5, 0.6) is 5.75 Å². The summed E-state index contributed by atoms with van der Waals surface area (Å²) in [6.07, 6.45) is 1.66. The minimum atomic E-state index is -0.111. The zero-order valence-electron chi connectivity index (χ0n) is 12.7. The van der Waals surface area contributed by atoms with Crippen molar-refractivity contribution in [2.24, 2.45) is 0 Å². The molecule has 0 saturated heterocycles. The number of nitrogens with zero attached hydrogens (tertiary/aromatic N) is 1. The fourth-order valence-electron chi connectivity index (χ4n) is 2.17. The molecule has 0 aliphatic heterocycles. The molecule has 3 aromatic rings. The molecule has 4 nitrogen and oxygen atoms in total. The average Bonchev–Trinajstić information content (AvgIpc) is 3.15. The van der Waals surface area contributed by atoms with Gasteiger partial charge in [-0.05, 0) is 41.3 Å². The van der Waals surface area contributed by atoms with Crippen LogP contribution in [0.15, 0.2) is 59.4 Å². The number of pyridine rings is 1. The summed E-state index contributed by atoms with van der Waals surface area (Å²) in [5.41, 5.74) is 3.46. The summed E-state index contributed by atoms with van der Waals surface area (Å²) in [6, 6.07) is 13.1. The molecule has 0 spiro atoms. The lowest BCUT2D eigenvalue weighted by Crippen LogP contribution is -2.22. The molecule has 3 rings (SSSR count). The van der Waals surface area contributed by atoms with Crippen LogP contribution in [-0.2, 0) is 6.54 Å². The molecule has 1 N–H and O–H groups in total. The number of hydrogen-bond acceptors (Lipinski definition) is 4. The first-order chi connectivity index (χ1) is 11.3. The van der Waals surface area contributed by atoms with Crippen molar-refractivity contribution in [3.8, 4) is 17.0 Å². The first-order valence-electron chi connectivity index (χ1n) is 7.16. The number of amides is 1. The van der Waals surface area contributed by atoms with Gasteiger partial charge in [-0.2, -0.15) is 11.3 Å². The molecule has 5 heteroatoms. The van der Waals surface area contributed by atoms with Gasteiger partial charge in [-0.15, -0.1) is 0 Å². The lowest BCUT2D eigenvalue weighted by molar-refractivity contribution is 0.0951. The number of ether oxygens (including phenoxy) is 1. The highest BCUT2D eigenvalue weighted by Crippen LogP contribution is 2.20. The third-order valence-electron chi connectivity index (χ3n) is 3.45. The van der Waals surface area contributed by atoms with E-state index in [0.717, 1.165) is 22.6 Å². The maximum atomic E-state index is 12.3. The molecule has 23 heavy (non-hydrogen) atoms. The molecular weight excluding hydrogens is 308 g/mol. The second-order valence-corrected chi connectivity index (χ2v) is 5.75. The Morgan fingerprint density at radius 3 is 2.74 bits per heavy atom. The number of carbonyl (C=O) groups is 1. The van der Waals surface area contributed by atoms with E-state index < -0.39 is 0 Å². The lowest BCUT2D eigenvalue weighted by Gasteiger charge is -2.07. The largest absolute Gasteiger partial charge is 0.497 e. The Labute approximate surface area is 138 Å². The maximum Gasteiger partial charge on any atom is 0.251 e. The Hall–Kier alpha value is -2.66. The van der Waals surface area contributed by atoms with E-state index in [-0.39, 0.29) is 5.91 Å². The van der Waals surface area contributed by atoms with Crippen LogP contribution < -0.4 is 10.1 Å². The van der Waals surface area contributed by atoms with Gasteiger partial charge < -0.3 is 10.1 Å². The van der Waals surface area contributed by atoms with E-state index in [1.54, 1.807) is 30.7 Å². The molecule has 1 amide bonds. The SMILES string of the molecule is COc1ccc(CNC(=O)c2ccnc(-c3ccsc3)c2)cc1. The fourth-order valence-corrected chi connectivity index (χ4v) is 2.82. The van der Waals surface area contributed by atoms with E-state index >= 15 is 0 Å². The summed E-state index contributed by atoms with van der Waals surface area (Å²) >= 11 is 1.61. The van der Waals surface area contributed by atoms with Crippen molar-refractivity contribution in [1.29, 1.82) is 0 Å². The predicted octanol–water partition coefficient (Wildman–Crippen LogP) is 3.75. The van der Waals surface area contributed by atoms with Gasteiger partial charge in [0, 0.05) is 29.2 Å². The standard InChI is InChI=1S/C18H16N2O2S/c1-22-16-4-2-13(3-5-16)11-20-18(21)14-6-8-19-17(10-14)15-7-9-23-12-15/h2-10,12H,11H2,1H3,(H,20,21). The van der Waals surface area contributed by atoms with Crippen LogP contribution in [-0.4, -0.2) is 18.0 Å². The molecule has 0 radical (unpaired) electrons. The molecule has 0 aliphatic rings. The van der Waals surface area contributed by atoms with Crippen LogP contribution in [0.25, 0.3) is 11.3 Å². The lowest BCUT2D eigenvalue weighted by atomic mass is 10.1. The number of hydrogen-bond donors (Lipinski definition) is 1. The molecule has 2 heterocycles. The van der Waals surface area contributed by atoms with E-state index in [1.807, 2.05) is 47.2 Å². The van der Waals surface area contributed by atoms with Gasteiger partial charge in [-0.3, -0.25) is 9.78 Å². The molecule has 0 atom stereocenters. The number of carbonyl (C=O) groups excluding carboxylic acids is 1. The number of aromatic nitrogens is 1. The average molecular weight is 324 g/mol. The van der Waals surface area contributed by atoms with Crippen molar-refractivity contribution in [1.82, 2.24) is 10.3 Å². The first kappa shape index (κ1) is 15.2. The van der Waals surface area contributed by atoms with Crippen molar-refractivity contribution in [3.05, 3.63) is 70.5 Å². The molecular formula is C18H16N2O2S. The van der Waals surface area contributed by atoms with Crippen LogP contribution in [0.3, 0.4) is 0 Å². The van der Waals surface area contributed by atoms with Crippen LogP contribution in [0, 0.1) is 0 Å². The number of benzene rings is 1. The van der Waals surface area contributed by atoms with Gasteiger partial charge in [0.1, 0.15) is 5.75 Å². The first-order valence-corrected chi connectivity index (χ1v) is 8.10. The molecule has 2 aromatic heterocycles. The normalized spacial score (nSPS) is 10.3. The maximum absolute atomic E-state index is 12.3. The van der Waals surface area contributed by atoms with E-state index in [4.69, 9.17) is 4.74 Å². The number of nitrogens with one attached hydrogen (secondary N) is 1. The highest BCUT2D eigenvalue weighted by Gasteiger charge is 2.08. The molecule has 0 fully saturated rings. The quantitative estimate of drug-likeness (QED) is 0.777. The van der Waals surface area contributed by atoms with E-state index in [9.17, 15) is 4.79 Å². The number of rotatable bonds is 5. The summed E-state index contributed by atoms with van der Waals surface area (Å²) in [5, 5.41) is 6.93. The zero-order chi connectivity index (χ0) is 16.1. The minimum absolute atomic E-state index is 0.111. The topological polar surface area (TPSA) is 51.2 Å². The second kappa shape index (κ2) is 7.07. The molecule has 0 unspecified atom stereocenters. The summed E-state index contributed by atoms with van der Waals surface area (Å²) < 4.78 is 5.12. The summed E-state index contributed by atoms with van der Waals surface area (Å²) in [5.74, 6) is 0.689. The Morgan fingerprint density at radius 2 is 2.04 bits per heavy atom. The van der Waals surface area contributed by atoms with E-state index in [1.165, 1.54) is 0 Å². The van der Waals surface area contributed by atoms with Gasteiger partial charge in [0.2, 0.25) is 0 Å². The smallest absolute Gasteiger partial charge is 0.251 e. The third-order valence-corrected chi connectivity index (χ3v) is 4.13. The second-order valence-electron chi connectivity index (χ2n) is 4.97. The third kappa shape index (κ3) is 3.76. The monoisotopic (exact) mass is 324 g/mol. The van der Waals surface area contributed by atoms with Crippen LogP contribution >= 0.6 is 11.3 Å². The van der Waals surface area contributed by atoms with Gasteiger partial charge in [-0.25, -0.2) is 0 Å². The number of thiophene rings is 1. The van der Waals surface area contributed by atoms with Crippen molar-refractivity contribution in [2.45, 2.75) is 6.54 Å². The molecule has 116 valence electrons. The predicted molar refractivity (Wildman–Crippen MR) is 91.7 cm³/mol. The van der Waals surface area contributed by atoms with Gasteiger partial charge in [-0.1, -0.05) is 12.1 Å². The van der Waals surface area contributed by atoms with Crippen molar-refractivity contribution in [3.63, 3.8) is 0 Å². The Balaban J connectivity index is 1.67. The molecule has 0 saturated carbocycles. The van der Waals surface area contributed by atoms with E-state index in [2.05, 4.69) is 10.3 Å². The summed E-state index contributed by atoms with van der Waals surface area (Å²) in [6.45, 7) is 0.471. The Kier molecular flexibility index (Phi) is 4.68. The fraction of sp³-hybridized carbons (Fsp3) is 0.111. The summed E-state index contributed by atoms with van der Waals surface area (Å²) in [7, 11) is 1.63. The van der Waals surface area contributed by atoms with Crippen molar-refractivity contribution >= 4 is 17.2 Å². The van der Waals surface area contributed by atoms with Crippen LogP contribution in [0.1, 0.15) is 15.9 Å². The zero-order valence-corrected chi connectivity index (χ0v) is 13.5. The highest BCUT2D eigenvalue weighted by molar-refractivity contribution is 7.08. The Bertz CT molecular complexity index is 783. The van der Waals surface area contributed by atoms with Crippen molar-refractivity contribution < 1.29 is 9.53 Å². The Morgan fingerprint density at radius 1 is 1.22 bits per heavy atom. The minimum Gasteiger partial charge on any atom is -0.497 e.